The molecule has 122 heavy (non-hydrogen) atoms. The van der Waals surface area contributed by atoms with Gasteiger partial charge in [0.25, 0.3) is 0 Å². The number of carbonyl (C=O) groups is 9. The summed E-state index contributed by atoms with van der Waals surface area (Å²) < 4.78 is 29.0. The fraction of sp³-hybridized carbons (Fsp3) is 0.434. The zero-order valence-electron chi connectivity index (χ0n) is 69.5. The summed E-state index contributed by atoms with van der Waals surface area (Å²) in [6.07, 6.45) is 16.6. The Labute approximate surface area is 749 Å². The van der Waals surface area contributed by atoms with Crippen LogP contribution in [0.2, 0.25) is 0 Å². The van der Waals surface area contributed by atoms with Crippen LogP contribution in [0.3, 0.4) is 0 Å². The third-order valence-electron chi connectivity index (χ3n) is 17.8. The number of rotatable bonds is 24. The SMILES string of the molecule is CN(Cc1nc(NC(=O)C2CC2)ccc1-c1ccoc1)C(=O)OC(C)(C)C.CN(Cc1nc(NC(=O)C2CC2)ccc1Br)C(=O)OC(C)(C)C.CNCc1nc(NC(=O)C2CC2)ccc1Br.CNCc1nc(NC(=O)C2CC2)ccc1Br.COC(=O)c1nc(NC(=O)C2CC2)ccc1Br.O=C(Nc1ccc(Br)c(CO)n1)C1CC1.OB(O)c1ccoc1. The Hall–Kier alpha value is -9.45. The number of pyridine rings is 6. The van der Waals surface area contributed by atoms with Crippen molar-refractivity contribution in [3.63, 3.8) is 0 Å². The molecule has 0 aromatic carbocycles. The predicted molar refractivity (Wildman–Crippen MR) is 476 cm³/mol. The Morgan fingerprint density at radius 2 is 0.730 bits per heavy atom. The number of methoxy groups -OCH3 is 1. The van der Waals surface area contributed by atoms with Crippen molar-refractivity contribution in [1.29, 1.82) is 0 Å². The van der Waals surface area contributed by atoms with Crippen LogP contribution in [-0.4, -0.2) is 162 Å². The van der Waals surface area contributed by atoms with Crippen LogP contribution in [0, 0.1) is 35.5 Å². The molecule has 6 fully saturated rings. The minimum atomic E-state index is -1.41. The van der Waals surface area contributed by atoms with E-state index in [1.165, 1.54) is 35.5 Å². The van der Waals surface area contributed by atoms with E-state index in [-0.39, 0.29) is 96.3 Å². The molecule has 0 aliphatic heterocycles. The monoisotopic (exact) mass is 2000 g/mol. The molecule has 6 aliphatic rings. The average Bonchev–Trinajstić information content (AvgIpc) is 1.53. The van der Waals surface area contributed by atoms with Crippen LogP contribution in [0.4, 0.5) is 44.5 Å². The van der Waals surface area contributed by atoms with Gasteiger partial charge in [-0.05, 0) is 297 Å². The predicted octanol–water partition coefficient (Wildman–Crippen LogP) is 14.1. The number of amides is 8. The van der Waals surface area contributed by atoms with Gasteiger partial charge in [-0.3, -0.25) is 28.8 Å². The van der Waals surface area contributed by atoms with E-state index in [2.05, 4.69) is 161 Å². The lowest BCUT2D eigenvalue weighted by atomic mass is 9.83. The maximum absolute atomic E-state index is 12.3. The Bertz CT molecular complexity index is 4830. The van der Waals surface area contributed by atoms with E-state index in [1.807, 2.05) is 98.1 Å². The van der Waals surface area contributed by atoms with Crippen LogP contribution in [0.25, 0.3) is 11.1 Å². The molecule has 8 heterocycles. The molecule has 0 radical (unpaired) electrons. The van der Waals surface area contributed by atoms with Crippen molar-refractivity contribution in [3.05, 3.63) is 167 Å². The minimum Gasteiger partial charge on any atom is -0.473 e. The van der Waals surface area contributed by atoms with Gasteiger partial charge in [-0.25, -0.2) is 44.3 Å². The first kappa shape index (κ1) is 98.0. The van der Waals surface area contributed by atoms with E-state index in [0.29, 0.717) is 75.0 Å². The highest BCUT2D eigenvalue weighted by Crippen LogP contribution is 2.36. The highest BCUT2D eigenvalue weighted by Gasteiger charge is 2.35. The van der Waals surface area contributed by atoms with E-state index in [9.17, 15) is 43.2 Å². The summed E-state index contributed by atoms with van der Waals surface area (Å²) in [6.45, 7) is 12.6. The molecule has 0 atom stereocenters. The number of carbonyl (C=O) groups excluding carboxylic acids is 9. The van der Waals surface area contributed by atoms with Crippen molar-refractivity contribution in [3.8, 4) is 11.1 Å². The zero-order valence-corrected chi connectivity index (χ0v) is 77.4. The number of nitrogens with zero attached hydrogens (tertiary/aromatic N) is 8. The number of hydrogen-bond acceptors (Lipinski definition) is 25. The molecule has 33 nitrogen and oxygen atoms in total. The van der Waals surface area contributed by atoms with Gasteiger partial charge in [0.1, 0.15) is 46.1 Å². The maximum Gasteiger partial charge on any atom is 0.491 e. The number of anilines is 6. The first-order valence-electron chi connectivity index (χ1n) is 39.3. The van der Waals surface area contributed by atoms with Gasteiger partial charge in [0.2, 0.25) is 35.4 Å². The molecular formula is C83H102BBr5N16O17. The molecule has 8 aromatic heterocycles. The number of aromatic nitrogens is 6. The molecular weight excluding hydrogens is 1900 g/mol. The summed E-state index contributed by atoms with van der Waals surface area (Å²) in [4.78, 5) is 134. The van der Waals surface area contributed by atoms with E-state index in [1.54, 1.807) is 63.0 Å². The topological polar surface area (TPSA) is 448 Å². The van der Waals surface area contributed by atoms with Crippen LogP contribution in [0.5, 0.6) is 0 Å². The summed E-state index contributed by atoms with van der Waals surface area (Å²) in [5, 5.41) is 48.6. The normalized spacial score (nSPS) is 14.1. The maximum atomic E-state index is 12.3. The number of esters is 1. The standard InChI is InChI=1S/C20H25N3O4.C16H22BrN3O3.2C11H14BrN3O.C11H11BrN2O3.C10H11BrN2O2.C4H5BO3/c1-20(2,3)27-19(25)23(4)11-16-15(14-9-10-26-12-14)7-8-17(21-16)22-18(24)13-5-6-13;1-16(2,3)23-15(22)20(4)9-12-11(17)7-8-13(18-12)19-14(21)10-5-6-10;2*1-13-6-9-8(12)4-5-10(14-9)15-11(16)7-2-3-7;1-17-11(16)9-7(12)4-5-8(13-9)14-10(15)6-2-3-6;11-7-3-4-9(12-8(7)5-14)13-10(15)6-1-2-6;6-5(7)4-1-2-8-3-4/h7-10,12-13H,5-6,11H2,1-4H3,(H,21,22,24);7-8,10H,5-6,9H2,1-4H3,(H,18,19,21);2*4-5,7,13H,2-3,6H2,1H3,(H,14,15,16);4-6H,2-3H2,1H3,(H,13,14,15);3-4,6,14H,1-2,5H2,(H,12,13,15);1-3,6-7H. The molecule has 8 amide bonds. The quantitative estimate of drug-likeness (QED) is 0.0152. The van der Waals surface area contributed by atoms with E-state index in [0.717, 1.165) is 117 Å². The van der Waals surface area contributed by atoms with Crippen LogP contribution < -0.4 is 48.0 Å². The van der Waals surface area contributed by atoms with Crippen LogP contribution in [0.1, 0.15) is 158 Å². The van der Waals surface area contributed by atoms with Crippen LogP contribution in [-0.2, 0) is 75.8 Å². The Morgan fingerprint density at radius 1 is 0.426 bits per heavy atom. The van der Waals surface area contributed by atoms with Crippen molar-refractivity contribution in [2.75, 3.05) is 67.2 Å². The first-order chi connectivity index (χ1) is 57.9. The molecule has 6 aliphatic carbocycles. The summed E-state index contributed by atoms with van der Waals surface area (Å²) in [5.74, 6) is 3.59. The van der Waals surface area contributed by atoms with Gasteiger partial charge in [0.05, 0.1) is 84.8 Å². The third kappa shape index (κ3) is 34.3. The molecule has 0 saturated heterocycles. The fourth-order valence-corrected chi connectivity index (χ4v) is 12.1. The second-order valence-corrected chi connectivity index (χ2v) is 35.4. The van der Waals surface area contributed by atoms with Gasteiger partial charge in [0, 0.05) is 97.2 Å². The van der Waals surface area contributed by atoms with Gasteiger partial charge in [-0.1, -0.05) is 0 Å². The third-order valence-corrected chi connectivity index (χ3v) is 21.3. The van der Waals surface area contributed by atoms with E-state index >= 15 is 0 Å². The molecule has 39 heteroatoms. The minimum absolute atomic E-state index is 0.00580. The smallest absolute Gasteiger partial charge is 0.473 e. The number of furan rings is 2. The van der Waals surface area contributed by atoms with Crippen molar-refractivity contribution < 1.29 is 81.4 Å². The van der Waals surface area contributed by atoms with Gasteiger partial charge >= 0.3 is 25.3 Å². The largest absolute Gasteiger partial charge is 0.491 e. The Morgan fingerprint density at radius 3 is 1.03 bits per heavy atom. The Balaban J connectivity index is 0.000000181. The van der Waals surface area contributed by atoms with Crippen LogP contribution >= 0.6 is 79.6 Å². The molecule has 0 bridgehead atoms. The molecule has 654 valence electrons. The highest BCUT2D eigenvalue weighted by molar-refractivity contribution is 9.11. The molecule has 8 aromatic rings. The average molecular weight is 2010 g/mol. The second-order valence-electron chi connectivity index (χ2n) is 31.1. The molecule has 0 unspecified atom stereocenters. The molecule has 11 N–H and O–H groups in total. The lowest BCUT2D eigenvalue weighted by Gasteiger charge is -2.25. The molecule has 0 spiro atoms. The van der Waals surface area contributed by atoms with E-state index < -0.39 is 36.5 Å². The summed E-state index contributed by atoms with van der Waals surface area (Å²) in [6, 6.07) is 24.7. The molecule has 6 saturated carbocycles. The van der Waals surface area contributed by atoms with Crippen molar-refractivity contribution in [2.45, 2.75) is 163 Å². The Kier molecular flexibility index (Phi) is 37.6. The lowest BCUT2D eigenvalue weighted by Crippen LogP contribution is -2.34. The van der Waals surface area contributed by atoms with Gasteiger partial charge < -0.3 is 90.5 Å². The number of ether oxygens (including phenoxy) is 3. The first-order valence-corrected chi connectivity index (χ1v) is 43.3. The van der Waals surface area contributed by atoms with Crippen molar-refractivity contribution in [1.82, 2.24) is 50.3 Å². The summed E-state index contributed by atoms with van der Waals surface area (Å²) in [5.41, 5.74) is 4.74. The summed E-state index contributed by atoms with van der Waals surface area (Å²) in [7, 11) is 6.91. The highest BCUT2D eigenvalue weighted by atomic mass is 79.9. The number of hydrogen-bond donors (Lipinski definition) is 11. The van der Waals surface area contributed by atoms with E-state index in [4.69, 9.17) is 29.0 Å². The number of nitrogens with one attached hydrogen (secondary N) is 8. The van der Waals surface area contributed by atoms with Crippen molar-refractivity contribution in [2.24, 2.45) is 35.5 Å². The fourth-order valence-electron chi connectivity index (χ4n) is 10.3. The van der Waals surface area contributed by atoms with Crippen LogP contribution in [0.15, 0.2) is 141 Å². The van der Waals surface area contributed by atoms with Gasteiger partial charge in [-0.2, -0.15) is 0 Å². The zero-order chi connectivity index (χ0) is 89.1. The number of aliphatic hydroxyl groups is 1. The van der Waals surface area contributed by atoms with Gasteiger partial charge in [-0.15, -0.1) is 0 Å². The lowest BCUT2D eigenvalue weighted by molar-refractivity contribution is -0.118. The number of aliphatic hydroxyl groups excluding tert-OH is 1. The van der Waals surface area contributed by atoms with Crippen molar-refractivity contribution >= 4 is 181 Å². The molecule has 14 rings (SSSR count). The van der Waals surface area contributed by atoms with Gasteiger partial charge in [0.15, 0.2) is 5.69 Å². The second kappa shape index (κ2) is 46.9. The number of halogens is 5. The summed E-state index contributed by atoms with van der Waals surface area (Å²) >= 11 is 16.7.